The third kappa shape index (κ3) is 3.18. The molecule has 1 heterocycles. The molecule has 0 saturated heterocycles. The lowest BCUT2D eigenvalue weighted by Gasteiger charge is -2.05. The average molecular weight is 285 g/mol. The van der Waals surface area contributed by atoms with E-state index in [2.05, 4.69) is 10.3 Å². The van der Waals surface area contributed by atoms with Gasteiger partial charge in [-0.3, -0.25) is 9.78 Å². The summed E-state index contributed by atoms with van der Waals surface area (Å²) in [6.07, 6.45) is 1.41. The summed E-state index contributed by atoms with van der Waals surface area (Å²) in [5, 5.41) is 3.08. The maximum Gasteiger partial charge on any atom is 0.274 e. The van der Waals surface area contributed by atoms with Crippen LogP contribution in [0, 0.1) is 5.82 Å². The monoisotopic (exact) mass is 284 g/mol. The first-order chi connectivity index (χ1) is 8.54. The molecule has 18 heavy (non-hydrogen) atoms. The van der Waals surface area contributed by atoms with E-state index in [4.69, 9.17) is 23.2 Å². The van der Waals surface area contributed by atoms with Crippen LogP contribution in [0.15, 0.2) is 36.5 Å². The Hall–Kier alpha value is -1.65. The van der Waals surface area contributed by atoms with Gasteiger partial charge in [0.25, 0.3) is 5.91 Å². The Labute approximate surface area is 113 Å². The number of anilines is 1. The first kappa shape index (κ1) is 12.8. The van der Waals surface area contributed by atoms with Gasteiger partial charge in [-0.25, -0.2) is 4.39 Å². The van der Waals surface area contributed by atoms with E-state index in [-0.39, 0.29) is 16.4 Å². The van der Waals surface area contributed by atoms with Gasteiger partial charge < -0.3 is 5.32 Å². The molecule has 0 aliphatic carbocycles. The lowest BCUT2D eigenvalue weighted by atomic mass is 10.3. The minimum atomic E-state index is -0.531. The lowest BCUT2D eigenvalue weighted by molar-refractivity contribution is 0.102. The summed E-state index contributed by atoms with van der Waals surface area (Å²) in [6, 6.07) is 6.71. The summed E-state index contributed by atoms with van der Waals surface area (Å²) in [4.78, 5) is 15.6. The first-order valence-electron chi connectivity index (χ1n) is 4.93. The van der Waals surface area contributed by atoms with Gasteiger partial charge in [-0.2, -0.15) is 0 Å². The summed E-state index contributed by atoms with van der Waals surface area (Å²) in [5.41, 5.74) is 0.398. The maximum absolute atomic E-state index is 13.1. The number of hydrogen-bond acceptors (Lipinski definition) is 2. The number of rotatable bonds is 2. The number of benzene rings is 1. The van der Waals surface area contributed by atoms with Crippen LogP contribution in [0.1, 0.15) is 10.5 Å². The second kappa shape index (κ2) is 5.33. The molecule has 0 aliphatic heterocycles. The molecule has 92 valence electrons. The van der Waals surface area contributed by atoms with Crippen LogP contribution in [0.25, 0.3) is 0 Å². The molecule has 0 aliphatic rings. The van der Waals surface area contributed by atoms with E-state index in [0.717, 1.165) is 12.1 Å². The molecule has 1 N–H and O–H groups in total. The molecule has 0 fully saturated rings. The van der Waals surface area contributed by atoms with Crippen molar-refractivity contribution in [3.63, 3.8) is 0 Å². The van der Waals surface area contributed by atoms with E-state index in [9.17, 15) is 9.18 Å². The number of nitrogens with one attached hydrogen (secondary N) is 1. The highest BCUT2D eigenvalue weighted by atomic mass is 35.5. The fourth-order valence-electron chi connectivity index (χ4n) is 1.35. The molecule has 0 saturated carbocycles. The summed E-state index contributed by atoms with van der Waals surface area (Å²) >= 11 is 11.4. The Morgan fingerprint density at radius 2 is 1.94 bits per heavy atom. The number of hydrogen-bond donors (Lipinski definition) is 1. The Kier molecular flexibility index (Phi) is 3.79. The van der Waals surface area contributed by atoms with E-state index in [1.54, 1.807) is 6.07 Å². The lowest BCUT2D eigenvalue weighted by Crippen LogP contribution is -2.13. The van der Waals surface area contributed by atoms with Crippen LogP contribution in [0.5, 0.6) is 0 Å². The van der Waals surface area contributed by atoms with Crippen LogP contribution in [0.2, 0.25) is 10.0 Å². The van der Waals surface area contributed by atoms with Crippen molar-refractivity contribution in [3.05, 3.63) is 58.1 Å². The molecule has 0 spiro atoms. The van der Waals surface area contributed by atoms with E-state index >= 15 is 0 Å². The summed E-state index contributed by atoms with van der Waals surface area (Å²) in [7, 11) is 0. The summed E-state index contributed by atoms with van der Waals surface area (Å²) in [6.45, 7) is 0. The van der Waals surface area contributed by atoms with Crippen LogP contribution >= 0.6 is 23.2 Å². The summed E-state index contributed by atoms with van der Waals surface area (Å²) < 4.78 is 13.1. The highest BCUT2D eigenvalue weighted by Crippen LogP contribution is 2.19. The largest absolute Gasteiger partial charge is 0.320 e. The topological polar surface area (TPSA) is 42.0 Å². The number of pyridine rings is 1. The van der Waals surface area contributed by atoms with Gasteiger partial charge in [-0.05, 0) is 30.3 Å². The fourth-order valence-corrected chi connectivity index (χ4v) is 1.73. The minimum Gasteiger partial charge on any atom is -0.320 e. The standard InChI is InChI=1S/C12H7Cl2FN2O/c13-7-1-2-16-11(5-7)12(18)17-10-4-8(14)3-9(15)6-10/h1-6H,(H,17,18). The Bertz CT molecular complexity index is 584. The zero-order chi connectivity index (χ0) is 13.1. The zero-order valence-corrected chi connectivity index (χ0v) is 10.5. The van der Waals surface area contributed by atoms with E-state index in [1.165, 1.54) is 18.3 Å². The first-order valence-corrected chi connectivity index (χ1v) is 5.69. The molecule has 1 aromatic heterocycles. The summed E-state index contributed by atoms with van der Waals surface area (Å²) in [5.74, 6) is -1.02. The van der Waals surface area contributed by atoms with Crippen LogP contribution < -0.4 is 5.32 Å². The quantitative estimate of drug-likeness (QED) is 0.912. The SMILES string of the molecule is O=C(Nc1cc(F)cc(Cl)c1)c1cc(Cl)ccn1. The number of nitrogens with zero attached hydrogens (tertiary/aromatic N) is 1. The van der Waals surface area contributed by atoms with E-state index in [0.29, 0.717) is 5.02 Å². The van der Waals surface area contributed by atoms with Crippen molar-refractivity contribution in [1.82, 2.24) is 4.98 Å². The molecule has 0 bridgehead atoms. The van der Waals surface area contributed by atoms with Crippen LogP contribution in [0.4, 0.5) is 10.1 Å². The van der Waals surface area contributed by atoms with E-state index in [1.807, 2.05) is 0 Å². The Balaban J connectivity index is 2.21. The predicted octanol–water partition coefficient (Wildman–Crippen LogP) is 3.78. The third-order valence-corrected chi connectivity index (χ3v) is 2.53. The van der Waals surface area contributed by atoms with Gasteiger partial charge in [0.05, 0.1) is 0 Å². The molecule has 2 rings (SSSR count). The van der Waals surface area contributed by atoms with Crippen LogP contribution in [-0.4, -0.2) is 10.9 Å². The van der Waals surface area contributed by atoms with Crippen LogP contribution in [-0.2, 0) is 0 Å². The average Bonchev–Trinajstić information content (AvgIpc) is 2.27. The van der Waals surface area contributed by atoms with Gasteiger partial charge in [0.2, 0.25) is 0 Å². The number of halogens is 3. The molecular formula is C12H7Cl2FN2O. The number of aromatic nitrogens is 1. The van der Waals surface area contributed by atoms with Gasteiger partial charge in [-0.15, -0.1) is 0 Å². The van der Waals surface area contributed by atoms with Gasteiger partial charge >= 0.3 is 0 Å². The fraction of sp³-hybridized carbons (Fsp3) is 0. The van der Waals surface area contributed by atoms with Gasteiger partial charge in [0.1, 0.15) is 11.5 Å². The smallest absolute Gasteiger partial charge is 0.274 e. The highest BCUT2D eigenvalue weighted by Gasteiger charge is 2.09. The second-order valence-electron chi connectivity index (χ2n) is 3.47. The molecule has 3 nitrogen and oxygen atoms in total. The van der Waals surface area contributed by atoms with Crippen molar-refractivity contribution >= 4 is 34.8 Å². The normalized spacial score (nSPS) is 10.2. The van der Waals surface area contributed by atoms with Crippen molar-refractivity contribution in [2.45, 2.75) is 0 Å². The third-order valence-electron chi connectivity index (χ3n) is 2.08. The molecular weight excluding hydrogens is 278 g/mol. The van der Waals surface area contributed by atoms with Gasteiger partial charge in [0.15, 0.2) is 0 Å². The van der Waals surface area contributed by atoms with Gasteiger partial charge in [-0.1, -0.05) is 23.2 Å². The van der Waals surface area contributed by atoms with Crippen molar-refractivity contribution in [2.24, 2.45) is 0 Å². The number of carbonyl (C=O) groups excluding carboxylic acids is 1. The van der Waals surface area contributed by atoms with Crippen LogP contribution in [0.3, 0.4) is 0 Å². The molecule has 2 aromatic rings. The molecule has 0 atom stereocenters. The molecule has 1 aromatic carbocycles. The molecule has 0 radical (unpaired) electrons. The number of carbonyl (C=O) groups is 1. The van der Waals surface area contributed by atoms with Crippen molar-refractivity contribution < 1.29 is 9.18 Å². The molecule has 0 unspecified atom stereocenters. The van der Waals surface area contributed by atoms with Gasteiger partial charge in [0, 0.05) is 21.9 Å². The Morgan fingerprint density at radius 3 is 2.61 bits per heavy atom. The molecule has 6 heteroatoms. The maximum atomic E-state index is 13.1. The predicted molar refractivity (Wildman–Crippen MR) is 68.6 cm³/mol. The van der Waals surface area contributed by atoms with Crippen molar-refractivity contribution in [1.29, 1.82) is 0 Å². The number of amides is 1. The van der Waals surface area contributed by atoms with Crippen molar-refractivity contribution in [3.8, 4) is 0 Å². The molecule has 1 amide bonds. The van der Waals surface area contributed by atoms with E-state index < -0.39 is 11.7 Å². The minimum absolute atomic E-state index is 0.142. The van der Waals surface area contributed by atoms with Crippen molar-refractivity contribution in [2.75, 3.05) is 5.32 Å². The second-order valence-corrected chi connectivity index (χ2v) is 4.34. The zero-order valence-electron chi connectivity index (χ0n) is 8.95. The Morgan fingerprint density at radius 1 is 1.17 bits per heavy atom. The highest BCUT2D eigenvalue weighted by molar-refractivity contribution is 6.31.